The number of nitrogens with zero attached hydrogens (tertiary/aromatic N) is 3. The highest BCUT2D eigenvalue weighted by atomic mass is 15.3. The van der Waals surface area contributed by atoms with E-state index in [0.717, 1.165) is 19.1 Å². The Morgan fingerprint density at radius 2 is 2.33 bits per heavy atom. The third kappa shape index (κ3) is 2.75. The lowest BCUT2D eigenvalue weighted by atomic mass is 10.2. The monoisotopic (exact) mass is 248 g/mol. The van der Waals surface area contributed by atoms with Gasteiger partial charge in [0.2, 0.25) is 0 Å². The van der Waals surface area contributed by atoms with Crippen LogP contribution in [0.15, 0.2) is 12.3 Å². The van der Waals surface area contributed by atoms with Crippen molar-refractivity contribution < 1.29 is 0 Å². The van der Waals surface area contributed by atoms with Crippen molar-refractivity contribution in [2.75, 3.05) is 13.1 Å². The Bertz CT molecular complexity index is 377. The molecule has 1 aliphatic heterocycles. The highest BCUT2D eigenvalue weighted by Crippen LogP contribution is 2.29. The van der Waals surface area contributed by atoms with Crippen LogP contribution in [0, 0.1) is 0 Å². The van der Waals surface area contributed by atoms with Crippen LogP contribution in [0.3, 0.4) is 0 Å². The third-order valence-corrected chi connectivity index (χ3v) is 4.15. The van der Waals surface area contributed by atoms with Gasteiger partial charge in [-0.25, -0.2) is 0 Å². The summed E-state index contributed by atoms with van der Waals surface area (Å²) in [5, 5.41) is 7.99. The second-order valence-corrected chi connectivity index (χ2v) is 5.59. The molecular formula is C14H24N4. The number of aryl methyl sites for hydroxylation is 1. The summed E-state index contributed by atoms with van der Waals surface area (Å²) < 4.78 is 2.12. The first-order valence-corrected chi connectivity index (χ1v) is 7.35. The first-order chi connectivity index (χ1) is 8.86. The standard InChI is InChI=1S/C14H24N4/c1-2-18-14(7-9-16-18)11-17(13-5-6-13)10-12-4-3-8-15-12/h7,9,12-13,15H,2-6,8,10-11H2,1H3/t12-/m1/s1. The number of hydrogen-bond donors (Lipinski definition) is 1. The van der Waals surface area contributed by atoms with Gasteiger partial charge < -0.3 is 5.32 Å². The van der Waals surface area contributed by atoms with E-state index in [4.69, 9.17) is 0 Å². The van der Waals surface area contributed by atoms with Crippen LogP contribution in [0.25, 0.3) is 0 Å². The molecule has 0 aromatic carbocycles. The van der Waals surface area contributed by atoms with Gasteiger partial charge in [-0.2, -0.15) is 5.10 Å². The van der Waals surface area contributed by atoms with E-state index in [-0.39, 0.29) is 0 Å². The minimum absolute atomic E-state index is 0.712. The molecule has 0 bridgehead atoms. The maximum atomic E-state index is 4.37. The fourth-order valence-corrected chi connectivity index (χ4v) is 2.97. The average molecular weight is 248 g/mol. The SMILES string of the molecule is CCn1nccc1CN(C[C@H]1CCCN1)C1CC1. The van der Waals surface area contributed by atoms with Crippen LogP contribution in [0.1, 0.15) is 38.3 Å². The van der Waals surface area contributed by atoms with Gasteiger partial charge in [-0.3, -0.25) is 9.58 Å². The summed E-state index contributed by atoms with van der Waals surface area (Å²) in [7, 11) is 0. The third-order valence-electron chi connectivity index (χ3n) is 4.15. The van der Waals surface area contributed by atoms with Gasteiger partial charge in [-0.05, 0) is 45.2 Å². The van der Waals surface area contributed by atoms with Gasteiger partial charge in [0, 0.05) is 37.9 Å². The van der Waals surface area contributed by atoms with E-state index in [0.29, 0.717) is 6.04 Å². The van der Waals surface area contributed by atoms with Crippen molar-refractivity contribution in [3.05, 3.63) is 18.0 Å². The van der Waals surface area contributed by atoms with Crippen LogP contribution in [0.4, 0.5) is 0 Å². The zero-order valence-electron chi connectivity index (χ0n) is 11.3. The van der Waals surface area contributed by atoms with Gasteiger partial charge in [-0.1, -0.05) is 0 Å². The molecule has 18 heavy (non-hydrogen) atoms. The minimum Gasteiger partial charge on any atom is -0.313 e. The fraction of sp³-hybridized carbons (Fsp3) is 0.786. The molecule has 0 unspecified atom stereocenters. The Hall–Kier alpha value is -0.870. The molecule has 100 valence electrons. The van der Waals surface area contributed by atoms with Gasteiger partial charge in [0.1, 0.15) is 0 Å². The van der Waals surface area contributed by atoms with E-state index in [1.165, 1.54) is 44.5 Å². The van der Waals surface area contributed by atoms with Crippen molar-refractivity contribution in [3.8, 4) is 0 Å². The van der Waals surface area contributed by atoms with Crippen molar-refractivity contribution in [1.29, 1.82) is 0 Å². The highest BCUT2D eigenvalue weighted by Gasteiger charge is 2.31. The smallest absolute Gasteiger partial charge is 0.0524 e. The van der Waals surface area contributed by atoms with E-state index < -0.39 is 0 Å². The molecule has 1 atom stereocenters. The lowest BCUT2D eigenvalue weighted by molar-refractivity contribution is 0.224. The second-order valence-electron chi connectivity index (χ2n) is 5.59. The van der Waals surface area contributed by atoms with Crippen molar-refractivity contribution in [2.24, 2.45) is 0 Å². The number of nitrogens with one attached hydrogen (secondary N) is 1. The van der Waals surface area contributed by atoms with Crippen LogP contribution >= 0.6 is 0 Å². The minimum atomic E-state index is 0.712. The van der Waals surface area contributed by atoms with Gasteiger partial charge in [0.15, 0.2) is 0 Å². The molecule has 1 aromatic rings. The highest BCUT2D eigenvalue weighted by molar-refractivity contribution is 5.02. The quantitative estimate of drug-likeness (QED) is 0.830. The fourth-order valence-electron chi connectivity index (χ4n) is 2.97. The summed E-state index contributed by atoms with van der Waals surface area (Å²) in [6.45, 7) is 6.62. The van der Waals surface area contributed by atoms with Crippen LogP contribution in [-0.2, 0) is 13.1 Å². The number of hydrogen-bond acceptors (Lipinski definition) is 3. The molecular weight excluding hydrogens is 224 g/mol. The Morgan fingerprint density at radius 3 is 3.00 bits per heavy atom. The zero-order valence-corrected chi connectivity index (χ0v) is 11.3. The molecule has 2 heterocycles. The molecule has 1 saturated heterocycles. The molecule has 0 spiro atoms. The van der Waals surface area contributed by atoms with Gasteiger partial charge in [-0.15, -0.1) is 0 Å². The normalized spacial score (nSPS) is 24.0. The summed E-state index contributed by atoms with van der Waals surface area (Å²) in [5.74, 6) is 0. The van der Waals surface area contributed by atoms with E-state index in [1.807, 2.05) is 6.20 Å². The molecule has 1 N–H and O–H groups in total. The van der Waals surface area contributed by atoms with Crippen molar-refractivity contribution in [3.63, 3.8) is 0 Å². The maximum Gasteiger partial charge on any atom is 0.0524 e. The molecule has 4 heteroatoms. The molecule has 4 nitrogen and oxygen atoms in total. The maximum absolute atomic E-state index is 4.37. The summed E-state index contributed by atoms with van der Waals surface area (Å²) in [6.07, 6.45) is 7.38. The van der Waals surface area contributed by atoms with Gasteiger partial charge >= 0.3 is 0 Å². The lowest BCUT2D eigenvalue weighted by Gasteiger charge is -2.25. The second kappa shape index (κ2) is 5.41. The predicted octanol–water partition coefficient (Wildman–Crippen LogP) is 1.62. The largest absolute Gasteiger partial charge is 0.313 e. The summed E-state index contributed by atoms with van der Waals surface area (Å²) in [6, 6.07) is 3.71. The molecule has 2 fully saturated rings. The van der Waals surface area contributed by atoms with Crippen LogP contribution in [0.2, 0.25) is 0 Å². The topological polar surface area (TPSA) is 33.1 Å². The molecule has 1 aliphatic carbocycles. The molecule has 1 saturated carbocycles. The van der Waals surface area contributed by atoms with Crippen molar-refractivity contribution in [2.45, 2.75) is 57.8 Å². The summed E-state index contributed by atoms with van der Waals surface area (Å²) in [4.78, 5) is 2.66. The van der Waals surface area contributed by atoms with Crippen molar-refractivity contribution >= 4 is 0 Å². The zero-order chi connectivity index (χ0) is 12.4. The summed E-state index contributed by atoms with van der Waals surface area (Å²) in [5.41, 5.74) is 1.36. The Morgan fingerprint density at radius 1 is 1.44 bits per heavy atom. The van der Waals surface area contributed by atoms with E-state index in [2.05, 4.69) is 33.0 Å². The average Bonchev–Trinajstić information content (AvgIpc) is 2.92. The van der Waals surface area contributed by atoms with E-state index in [1.54, 1.807) is 0 Å². The molecule has 1 aromatic heterocycles. The molecule has 3 rings (SSSR count). The van der Waals surface area contributed by atoms with E-state index >= 15 is 0 Å². The first-order valence-electron chi connectivity index (χ1n) is 7.35. The lowest BCUT2D eigenvalue weighted by Crippen LogP contribution is -2.38. The van der Waals surface area contributed by atoms with Crippen LogP contribution < -0.4 is 5.32 Å². The Kier molecular flexibility index (Phi) is 3.66. The molecule has 0 amide bonds. The first kappa shape index (κ1) is 12.2. The Balaban J connectivity index is 1.62. The number of rotatable bonds is 6. The predicted molar refractivity (Wildman–Crippen MR) is 72.4 cm³/mol. The molecule has 2 aliphatic rings. The van der Waals surface area contributed by atoms with E-state index in [9.17, 15) is 0 Å². The van der Waals surface area contributed by atoms with Crippen molar-refractivity contribution in [1.82, 2.24) is 20.0 Å². The summed E-state index contributed by atoms with van der Waals surface area (Å²) >= 11 is 0. The van der Waals surface area contributed by atoms with Crippen LogP contribution in [-0.4, -0.2) is 39.9 Å². The van der Waals surface area contributed by atoms with Gasteiger partial charge in [0.25, 0.3) is 0 Å². The van der Waals surface area contributed by atoms with Gasteiger partial charge in [0.05, 0.1) is 5.69 Å². The molecule has 0 radical (unpaired) electrons. The Labute approximate surface area is 109 Å². The number of aromatic nitrogens is 2. The van der Waals surface area contributed by atoms with Crippen LogP contribution in [0.5, 0.6) is 0 Å².